The number of aliphatic imine (C=N–C) groups is 2. The van der Waals surface area contributed by atoms with E-state index in [1.54, 1.807) is 13.1 Å². The highest BCUT2D eigenvalue weighted by Crippen LogP contribution is 2.20. The summed E-state index contributed by atoms with van der Waals surface area (Å²) in [6.45, 7) is 4.01. The molecule has 1 aromatic heterocycles. The van der Waals surface area contributed by atoms with Gasteiger partial charge in [-0.2, -0.15) is 0 Å². The molecule has 0 radical (unpaired) electrons. The molecule has 0 aliphatic carbocycles. The maximum atomic E-state index is 13.7. The molecule has 248 valence electrons. The Morgan fingerprint density at radius 1 is 0.867 bits per heavy atom. The van der Waals surface area contributed by atoms with Crippen LogP contribution in [0.1, 0.15) is 51.5 Å². The van der Waals surface area contributed by atoms with Crippen LogP contribution in [0.2, 0.25) is 0 Å². The van der Waals surface area contributed by atoms with Crippen molar-refractivity contribution in [3.05, 3.63) is 36.0 Å². The van der Waals surface area contributed by atoms with Crippen molar-refractivity contribution in [3.8, 4) is 0 Å². The van der Waals surface area contributed by atoms with E-state index in [9.17, 15) is 24.3 Å². The van der Waals surface area contributed by atoms with Gasteiger partial charge in [0, 0.05) is 36.6 Å². The largest absolute Gasteiger partial charge is 0.480 e. The number of guanidine groups is 2. The number of aliphatic carboxylic acids is 1. The van der Waals surface area contributed by atoms with E-state index in [2.05, 4.69) is 30.9 Å². The Bertz CT molecular complexity index is 1350. The number of nitrogens with zero attached hydrogens (tertiary/aromatic N) is 2. The number of hydrogen-bond donors (Lipinski definition) is 10. The summed E-state index contributed by atoms with van der Waals surface area (Å²) in [4.78, 5) is 63.1. The van der Waals surface area contributed by atoms with E-state index in [0.29, 0.717) is 19.3 Å². The lowest BCUT2D eigenvalue weighted by Crippen LogP contribution is -2.58. The van der Waals surface area contributed by atoms with Gasteiger partial charge in [-0.25, -0.2) is 4.79 Å². The zero-order chi connectivity index (χ0) is 33.5. The van der Waals surface area contributed by atoms with Crippen LogP contribution < -0.4 is 44.6 Å². The smallest absolute Gasteiger partial charge is 0.326 e. The van der Waals surface area contributed by atoms with Crippen molar-refractivity contribution in [1.29, 1.82) is 0 Å². The number of hydrogen-bond acceptors (Lipinski definition) is 7. The third kappa shape index (κ3) is 12.0. The number of para-hydroxylation sites is 1. The number of nitrogens with one attached hydrogen (secondary N) is 4. The molecule has 16 heteroatoms. The van der Waals surface area contributed by atoms with E-state index in [1.807, 2.05) is 31.2 Å². The molecule has 0 saturated heterocycles. The normalized spacial score (nSPS) is 14.3. The lowest BCUT2D eigenvalue weighted by atomic mass is 9.97. The number of carboxylic acid groups (broad SMARTS) is 1. The van der Waals surface area contributed by atoms with E-state index in [-0.39, 0.29) is 50.2 Å². The van der Waals surface area contributed by atoms with Gasteiger partial charge in [-0.05, 0) is 43.2 Å². The van der Waals surface area contributed by atoms with Crippen LogP contribution in [0.3, 0.4) is 0 Å². The van der Waals surface area contributed by atoms with Crippen molar-refractivity contribution in [3.63, 3.8) is 0 Å². The van der Waals surface area contributed by atoms with Crippen LogP contribution in [-0.2, 0) is 25.6 Å². The van der Waals surface area contributed by atoms with Crippen molar-refractivity contribution >= 4 is 46.5 Å². The summed E-state index contributed by atoms with van der Waals surface area (Å²) in [6, 6.07) is 3.06. The third-order valence-corrected chi connectivity index (χ3v) is 7.39. The zero-order valence-electron chi connectivity index (χ0n) is 25.8. The standard InChI is InChI=1S/C29H47N11O5/c1-3-16(2)23(27(44)45)40-26(43)22(14-17-15-37-20-10-5-4-8-18(17)20)39-25(42)21(11-7-13-36-29(33)34)38-24(41)19(30)9-6-12-35-28(31)32/h4-5,8,10,15-16,19,21-23,37H,3,6-7,9,11-14,30H2,1-2H3,(H,38,41)(H,39,42)(H,40,43)(H,44,45)(H4,31,32,35)(H4,33,34,36). The van der Waals surface area contributed by atoms with E-state index >= 15 is 0 Å². The van der Waals surface area contributed by atoms with Crippen LogP contribution in [0.25, 0.3) is 10.9 Å². The van der Waals surface area contributed by atoms with Gasteiger partial charge in [0.15, 0.2) is 11.9 Å². The lowest BCUT2D eigenvalue weighted by molar-refractivity contribution is -0.143. The highest BCUT2D eigenvalue weighted by molar-refractivity contribution is 5.95. The van der Waals surface area contributed by atoms with E-state index in [1.165, 1.54) is 0 Å². The zero-order valence-corrected chi connectivity index (χ0v) is 25.8. The molecule has 2 aromatic rings. The number of H-pyrrole nitrogens is 1. The second-order valence-corrected chi connectivity index (χ2v) is 10.9. The van der Waals surface area contributed by atoms with E-state index in [4.69, 9.17) is 28.7 Å². The molecule has 2 rings (SSSR count). The Morgan fingerprint density at radius 2 is 1.44 bits per heavy atom. The Labute approximate surface area is 262 Å². The number of aromatic nitrogens is 1. The van der Waals surface area contributed by atoms with Crippen LogP contribution in [0.5, 0.6) is 0 Å². The van der Waals surface area contributed by atoms with Gasteiger partial charge in [0.25, 0.3) is 0 Å². The first-order valence-electron chi connectivity index (χ1n) is 14.9. The Balaban J connectivity index is 2.31. The average Bonchev–Trinajstić information content (AvgIpc) is 3.40. The second kappa shape index (κ2) is 18.1. The minimum absolute atomic E-state index is 0.0490. The maximum absolute atomic E-state index is 13.7. The minimum Gasteiger partial charge on any atom is -0.480 e. The van der Waals surface area contributed by atoms with Crippen molar-refractivity contribution in [2.24, 2.45) is 44.6 Å². The Hall–Kier alpha value is -4.86. The van der Waals surface area contributed by atoms with E-state index < -0.39 is 47.9 Å². The first-order valence-corrected chi connectivity index (χ1v) is 14.9. The second-order valence-electron chi connectivity index (χ2n) is 10.9. The lowest BCUT2D eigenvalue weighted by Gasteiger charge is -2.26. The summed E-state index contributed by atoms with van der Waals surface area (Å²) < 4.78 is 0. The highest BCUT2D eigenvalue weighted by Gasteiger charge is 2.32. The predicted octanol–water partition coefficient (Wildman–Crippen LogP) is -1.27. The molecule has 0 saturated carbocycles. The topological polar surface area (TPSA) is 295 Å². The average molecular weight is 630 g/mol. The fraction of sp³-hybridized carbons (Fsp3) is 0.517. The molecule has 3 amide bonds. The predicted molar refractivity (Wildman–Crippen MR) is 173 cm³/mol. The molecule has 15 N–H and O–H groups in total. The molecule has 1 aromatic carbocycles. The number of carboxylic acids is 1. The number of aromatic amines is 1. The van der Waals surface area contributed by atoms with Gasteiger partial charge in [-0.1, -0.05) is 38.5 Å². The third-order valence-electron chi connectivity index (χ3n) is 7.39. The molecule has 0 spiro atoms. The molecule has 0 aliphatic rings. The number of carbonyl (C=O) groups excluding carboxylic acids is 3. The Kier molecular flexibility index (Phi) is 14.6. The van der Waals surface area contributed by atoms with Gasteiger partial charge >= 0.3 is 5.97 Å². The monoisotopic (exact) mass is 629 g/mol. The van der Waals surface area contributed by atoms with Gasteiger partial charge in [0.2, 0.25) is 17.7 Å². The fourth-order valence-corrected chi connectivity index (χ4v) is 4.64. The number of amides is 3. The Morgan fingerprint density at radius 3 is 2.04 bits per heavy atom. The van der Waals surface area contributed by atoms with Crippen molar-refractivity contribution in [1.82, 2.24) is 20.9 Å². The minimum atomic E-state index is -1.19. The van der Waals surface area contributed by atoms with Crippen LogP contribution in [-0.4, -0.2) is 83.0 Å². The molecule has 45 heavy (non-hydrogen) atoms. The summed E-state index contributed by atoms with van der Waals surface area (Å²) in [5.74, 6) is -3.66. The van der Waals surface area contributed by atoms with Crippen LogP contribution in [0.15, 0.2) is 40.4 Å². The number of nitrogens with two attached hydrogens (primary N) is 5. The molecular weight excluding hydrogens is 582 g/mol. The van der Waals surface area contributed by atoms with Gasteiger partial charge in [0.05, 0.1) is 6.04 Å². The summed E-state index contributed by atoms with van der Waals surface area (Å²) >= 11 is 0. The van der Waals surface area contributed by atoms with Gasteiger partial charge in [-0.15, -0.1) is 0 Å². The summed E-state index contributed by atoms with van der Waals surface area (Å²) in [7, 11) is 0. The molecule has 0 bridgehead atoms. The van der Waals surface area contributed by atoms with Crippen LogP contribution >= 0.6 is 0 Å². The first-order chi connectivity index (χ1) is 21.3. The number of carbonyl (C=O) groups is 4. The number of rotatable bonds is 19. The molecule has 5 atom stereocenters. The van der Waals surface area contributed by atoms with Gasteiger partial charge in [-0.3, -0.25) is 24.4 Å². The number of benzene rings is 1. The molecule has 0 aliphatic heterocycles. The summed E-state index contributed by atoms with van der Waals surface area (Å²) in [5.41, 5.74) is 29.1. The van der Waals surface area contributed by atoms with Crippen LogP contribution in [0.4, 0.5) is 0 Å². The van der Waals surface area contributed by atoms with Gasteiger partial charge in [0.1, 0.15) is 18.1 Å². The molecule has 0 fully saturated rings. The first kappa shape index (κ1) is 36.3. The highest BCUT2D eigenvalue weighted by atomic mass is 16.4. The fourth-order valence-electron chi connectivity index (χ4n) is 4.64. The van der Waals surface area contributed by atoms with Crippen molar-refractivity contribution < 1.29 is 24.3 Å². The van der Waals surface area contributed by atoms with Crippen LogP contribution in [0, 0.1) is 5.92 Å². The molecule has 16 nitrogen and oxygen atoms in total. The SMILES string of the molecule is CCC(C)C(NC(=O)C(Cc1c[nH]c2ccccc12)NC(=O)C(CCCN=C(N)N)NC(=O)C(N)CCCN=C(N)N)C(=O)O. The maximum Gasteiger partial charge on any atom is 0.326 e. The summed E-state index contributed by atoms with van der Waals surface area (Å²) in [6.07, 6.45) is 3.42. The number of fused-ring (bicyclic) bond motifs is 1. The molecule has 5 unspecified atom stereocenters. The molecule has 1 heterocycles. The van der Waals surface area contributed by atoms with Gasteiger partial charge < -0.3 is 54.7 Å². The van der Waals surface area contributed by atoms with Crippen molar-refractivity contribution in [2.45, 2.75) is 76.5 Å². The van der Waals surface area contributed by atoms with Crippen molar-refractivity contribution in [2.75, 3.05) is 13.1 Å². The van der Waals surface area contributed by atoms with E-state index in [0.717, 1.165) is 16.5 Å². The summed E-state index contributed by atoms with van der Waals surface area (Å²) in [5, 5.41) is 18.6. The molecular formula is C29H47N11O5. The quantitative estimate of drug-likeness (QED) is 0.0499.